The van der Waals surface area contributed by atoms with Crippen molar-refractivity contribution in [3.05, 3.63) is 47.0 Å². The number of carbonyl (C=O) groups is 2. The quantitative estimate of drug-likeness (QED) is 0.660. The molecular weight excluding hydrogens is 386 g/mol. The SMILES string of the molecule is CC(=O)Nc1ccc(NC(=O)Cn2nc3nc(N4CCCCC4)ccn3c2=O)cc1. The van der Waals surface area contributed by atoms with E-state index in [4.69, 9.17) is 0 Å². The lowest BCUT2D eigenvalue weighted by Gasteiger charge is -2.27. The fourth-order valence-electron chi connectivity index (χ4n) is 3.48. The molecule has 0 unspecified atom stereocenters. The minimum absolute atomic E-state index is 0.171. The number of carbonyl (C=O) groups excluding carboxylic acids is 2. The second-order valence-electron chi connectivity index (χ2n) is 7.25. The first-order valence-electron chi connectivity index (χ1n) is 9.88. The van der Waals surface area contributed by atoms with Gasteiger partial charge in [0.25, 0.3) is 5.78 Å². The van der Waals surface area contributed by atoms with E-state index in [1.807, 2.05) is 6.07 Å². The Morgan fingerprint density at radius 3 is 2.33 bits per heavy atom. The average molecular weight is 409 g/mol. The monoisotopic (exact) mass is 409 g/mol. The second-order valence-corrected chi connectivity index (χ2v) is 7.25. The van der Waals surface area contributed by atoms with Gasteiger partial charge in [-0.05, 0) is 49.6 Å². The van der Waals surface area contributed by atoms with Crippen LogP contribution in [-0.4, -0.2) is 44.1 Å². The van der Waals surface area contributed by atoms with Gasteiger partial charge in [-0.3, -0.25) is 9.59 Å². The highest BCUT2D eigenvalue weighted by Gasteiger charge is 2.16. The Kier molecular flexibility index (Phi) is 5.46. The summed E-state index contributed by atoms with van der Waals surface area (Å²) in [5.41, 5.74) is 0.767. The molecule has 2 amide bonds. The molecule has 156 valence electrons. The maximum absolute atomic E-state index is 12.5. The van der Waals surface area contributed by atoms with Crippen LogP contribution in [0.5, 0.6) is 0 Å². The molecule has 1 aromatic carbocycles. The molecule has 0 atom stereocenters. The van der Waals surface area contributed by atoms with E-state index in [9.17, 15) is 14.4 Å². The summed E-state index contributed by atoms with van der Waals surface area (Å²) in [7, 11) is 0. The molecule has 4 rings (SSSR count). The average Bonchev–Trinajstić information content (AvgIpc) is 3.04. The van der Waals surface area contributed by atoms with Crippen LogP contribution in [0.15, 0.2) is 41.3 Å². The summed E-state index contributed by atoms with van der Waals surface area (Å²) in [4.78, 5) is 42.7. The lowest BCUT2D eigenvalue weighted by molar-refractivity contribution is -0.117. The summed E-state index contributed by atoms with van der Waals surface area (Å²) in [5, 5.41) is 9.59. The maximum Gasteiger partial charge on any atom is 0.352 e. The molecule has 0 spiro atoms. The molecule has 0 saturated carbocycles. The summed E-state index contributed by atoms with van der Waals surface area (Å²) in [5.74, 6) is 0.512. The zero-order chi connectivity index (χ0) is 21.1. The predicted octanol–water partition coefficient (Wildman–Crippen LogP) is 1.48. The third-order valence-electron chi connectivity index (χ3n) is 4.90. The Morgan fingerprint density at radius 2 is 1.67 bits per heavy atom. The van der Waals surface area contributed by atoms with Gasteiger partial charge in [0.05, 0.1) is 0 Å². The Balaban J connectivity index is 1.46. The van der Waals surface area contributed by atoms with E-state index < -0.39 is 5.69 Å². The Morgan fingerprint density at radius 1 is 1.00 bits per heavy atom. The smallest absolute Gasteiger partial charge is 0.352 e. The van der Waals surface area contributed by atoms with Gasteiger partial charge in [-0.25, -0.2) is 13.9 Å². The maximum atomic E-state index is 12.5. The third kappa shape index (κ3) is 4.32. The van der Waals surface area contributed by atoms with Crippen molar-refractivity contribution in [1.82, 2.24) is 19.2 Å². The largest absolute Gasteiger partial charge is 0.356 e. The van der Waals surface area contributed by atoms with Gasteiger partial charge in [-0.1, -0.05) is 0 Å². The molecule has 1 aliphatic rings. The van der Waals surface area contributed by atoms with Crippen molar-refractivity contribution >= 4 is 34.8 Å². The summed E-state index contributed by atoms with van der Waals surface area (Å²) < 4.78 is 2.44. The Labute approximate surface area is 172 Å². The molecular formula is C20H23N7O3. The van der Waals surface area contributed by atoms with E-state index >= 15 is 0 Å². The molecule has 10 nitrogen and oxygen atoms in total. The first-order chi connectivity index (χ1) is 14.5. The van der Waals surface area contributed by atoms with E-state index in [2.05, 4.69) is 25.6 Å². The van der Waals surface area contributed by atoms with Crippen LogP contribution in [0.3, 0.4) is 0 Å². The molecule has 0 aliphatic carbocycles. The van der Waals surface area contributed by atoms with Gasteiger partial charge in [0, 0.05) is 37.6 Å². The third-order valence-corrected chi connectivity index (χ3v) is 4.90. The number of hydrogen-bond donors (Lipinski definition) is 2. The number of rotatable bonds is 5. The lowest BCUT2D eigenvalue weighted by atomic mass is 10.1. The van der Waals surface area contributed by atoms with Crippen molar-refractivity contribution in [2.45, 2.75) is 32.7 Å². The van der Waals surface area contributed by atoms with Gasteiger partial charge in [0.2, 0.25) is 11.8 Å². The molecule has 30 heavy (non-hydrogen) atoms. The Bertz CT molecular complexity index is 1130. The second kappa shape index (κ2) is 8.36. The van der Waals surface area contributed by atoms with Gasteiger partial charge in [0.15, 0.2) is 0 Å². The lowest BCUT2D eigenvalue weighted by Crippen LogP contribution is -2.30. The van der Waals surface area contributed by atoms with Crippen LogP contribution < -0.4 is 21.2 Å². The van der Waals surface area contributed by atoms with E-state index in [1.54, 1.807) is 30.5 Å². The fraction of sp³-hybridized carbons (Fsp3) is 0.350. The Hall–Kier alpha value is -3.69. The van der Waals surface area contributed by atoms with Gasteiger partial charge < -0.3 is 15.5 Å². The standard InChI is InChI=1S/C20H23N7O3/c1-14(28)21-15-5-7-16(8-6-15)22-18(29)13-27-20(30)26-12-9-17(23-19(26)24-27)25-10-3-2-4-11-25/h5-9,12H,2-4,10-11,13H2,1H3,(H,21,28)(H,22,29). The van der Waals surface area contributed by atoms with E-state index in [0.717, 1.165) is 36.4 Å². The summed E-state index contributed by atoms with van der Waals surface area (Å²) in [6.07, 6.45) is 5.12. The minimum atomic E-state index is -0.418. The molecule has 0 bridgehead atoms. The number of benzene rings is 1. The summed E-state index contributed by atoms with van der Waals surface area (Å²) in [6.45, 7) is 3.08. The number of nitrogens with zero attached hydrogens (tertiary/aromatic N) is 5. The summed E-state index contributed by atoms with van der Waals surface area (Å²) in [6, 6.07) is 8.51. The summed E-state index contributed by atoms with van der Waals surface area (Å²) >= 11 is 0. The molecule has 2 aromatic heterocycles. The van der Waals surface area contributed by atoms with Gasteiger partial charge >= 0.3 is 5.69 Å². The van der Waals surface area contributed by atoms with E-state index in [-0.39, 0.29) is 24.1 Å². The number of aromatic nitrogens is 4. The topological polar surface area (TPSA) is 114 Å². The van der Waals surface area contributed by atoms with Crippen molar-refractivity contribution in [3.8, 4) is 0 Å². The highest BCUT2D eigenvalue weighted by molar-refractivity contribution is 5.92. The molecule has 1 aliphatic heterocycles. The van der Waals surface area contributed by atoms with Crippen LogP contribution in [0, 0.1) is 0 Å². The first kappa shape index (κ1) is 19.6. The molecule has 10 heteroatoms. The minimum Gasteiger partial charge on any atom is -0.356 e. The highest BCUT2D eigenvalue weighted by atomic mass is 16.2. The van der Waals surface area contributed by atoms with Crippen LogP contribution in [-0.2, 0) is 16.1 Å². The van der Waals surface area contributed by atoms with Crippen molar-refractivity contribution < 1.29 is 9.59 Å². The molecule has 0 radical (unpaired) electrons. The molecule has 2 N–H and O–H groups in total. The van der Waals surface area contributed by atoms with Crippen molar-refractivity contribution in [1.29, 1.82) is 0 Å². The van der Waals surface area contributed by atoms with E-state index in [0.29, 0.717) is 11.4 Å². The van der Waals surface area contributed by atoms with Crippen LogP contribution in [0.1, 0.15) is 26.2 Å². The number of amides is 2. The molecule has 3 heterocycles. The molecule has 1 saturated heterocycles. The zero-order valence-corrected chi connectivity index (χ0v) is 16.7. The van der Waals surface area contributed by atoms with E-state index in [1.165, 1.54) is 17.7 Å². The van der Waals surface area contributed by atoms with Gasteiger partial charge in [0.1, 0.15) is 12.4 Å². The van der Waals surface area contributed by atoms with Crippen molar-refractivity contribution in [2.75, 3.05) is 28.6 Å². The van der Waals surface area contributed by atoms with Gasteiger partial charge in [-0.2, -0.15) is 4.98 Å². The molecule has 1 fully saturated rings. The number of fused-ring (bicyclic) bond motifs is 1. The highest BCUT2D eigenvalue weighted by Crippen LogP contribution is 2.17. The normalized spacial score (nSPS) is 14.0. The van der Waals surface area contributed by atoms with Crippen LogP contribution in [0.4, 0.5) is 17.2 Å². The van der Waals surface area contributed by atoms with Crippen molar-refractivity contribution in [3.63, 3.8) is 0 Å². The number of hydrogen-bond acceptors (Lipinski definition) is 6. The number of nitrogens with one attached hydrogen (secondary N) is 2. The molecule has 3 aromatic rings. The van der Waals surface area contributed by atoms with Crippen LogP contribution >= 0.6 is 0 Å². The van der Waals surface area contributed by atoms with Gasteiger partial charge in [-0.15, -0.1) is 5.10 Å². The fourth-order valence-corrected chi connectivity index (χ4v) is 3.48. The van der Waals surface area contributed by atoms with Crippen LogP contribution in [0.2, 0.25) is 0 Å². The number of piperidine rings is 1. The van der Waals surface area contributed by atoms with Crippen molar-refractivity contribution in [2.24, 2.45) is 0 Å². The van der Waals surface area contributed by atoms with Crippen LogP contribution in [0.25, 0.3) is 5.78 Å². The first-order valence-corrected chi connectivity index (χ1v) is 9.88. The predicted molar refractivity (Wildman–Crippen MR) is 113 cm³/mol. The zero-order valence-electron chi connectivity index (χ0n) is 16.7. The number of anilines is 3.